The van der Waals surface area contributed by atoms with Crippen molar-refractivity contribution in [3.63, 3.8) is 0 Å². The number of pyridine rings is 1. The number of Topliss-reactive ketones (excluding diaryl/α,β-unsaturated/α-hetero) is 1. The summed E-state index contributed by atoms with van der Waals surface area (Å²) in [7, 11) is 0. The van der Waals surface area contributed by atoms with E-state index in [9.17, 15) is 9.18 Å². The number of hydrogen-bond donors (Lipinski definition) is 0. The van der Waals surface area contributed by atoms with Crippen LogP contribution in [0.2, 0.25) is 5.02 Å². The Bertz CT molecular complexity index is 652. The lowest BCUT2D eigenvalue weighted by atomic mass is 9.95. The van der Waals surface area contributed by atoms with Gasteiger partial charge in [-0.15, -0.1) is 0 Å². The van der Waals surface area contributed by atoms with Gasteiger partial charge in [0.15, 0.2) is 11.7 Å². The minimum atomic E-state index is -1.05. The number of aromatic nitrogens is 1. The number of carbonyl (C=O) groups excluding carboxylic acids is 1. The molecule has 1 aromatic heterocycles. The molecule has 0 radical (unpaired) electrons. The fourth-order valence-corrected chi connectivity index (χ4v) is 1.91. The maximum Gasteiger partial charge on any atom is 0.187 e. The third kappa shape index (κ3) is 2.78. The molecule has 0 saturated carbocycles. The van der Waals surface area contributed by atoms with Crippen LogP contribution in [0.3, 0.4) is 0 Å². The van der Waals surface area contributed by atoms with Gasteiger partial charge in [-0.3, -0.25) is 9.78 Å². The number of carbonyl (C=O) groups is 1. The summed E-state index contributed by atoms with van der Waals surface area (Å²) in [5.41, 5.74) is 0.454. The van der Waals surface area contributed by atoms with Gasteiger partial charge in [-0.2, -0.15) is 5.26 Å². The van der Waals surface area contributed by atoms with E-state index in [1.165, 1.54) is 12.3 Å². The molecule has 0 unspecified atom stereocenters. The largest absolute Gasteiger partial charge is 0.292 e. The minimum Gasteiger partial charge on any atom is -0.292 e. The lowest BCUT2D eigenvalue weighted by Crippen LogP contribution is -2.13. The summed E-state index contributed by atoms with van der Waals surface area (Å²) in [5, 5.41) is 9.12. The van der Waals surface area contributed by atoms with Crippen molar-refractivity contribution >= 4 is 17.4 Å². The van der Waals surface area contributed by atoms with Gasteiger partial charge in [-0.1, -0.05) is 17.7 Å². The van der Waals surface area contributed by atoms with Crippen LogP contribution in [0, 0.1) is 17.1 Å². The SMILES string of the molecule is N#C[C@H](C(=O)c1ccc(F)cc1Cl)c1ccccn1. The van der Waals surface area contributed by atoms with E-state index < -0.39 is 17.5 Å². The molecular weight excluding hydrogens is 267 g/mol. The van der Waals surface area contributed by atoms with Gasteiger partial charge in [0.05, 0.1) is 16.8 Å². The highest BCUT2D eigenvalue weighted by Gasteiger charge is 2.24. The van der Waals surface area contributed by atoms with Crippen LogP contribution in [0.1, 0.15) is 22.0 Å². The first-order chi connectivity index (χ1) is 9.13. The Morgan fingerprint density at radius 2 is 2.16 bits per heavy atom. The smallest absolute Gasteiger partial charge is 0.187 e. The number of nitriles is 1. The average Bonchev–Trinajstić information content (AvgIpc) is 2.40. The van der Waals surface area contributed by atoms with Crippen molar-refractivity contribution in [3.8, 4) is 6.07 Å². The summed E-state index contributed by atoms with van der Waals surface area (Å²) in [6.45, 7) is 0. The van der Waals surface area contributed by atoms with Crippen LogP contribution in [0.15, 0.2) is 42.6 Å². The van der Waals surface area contributed by atoms with E-state index in [4.69, 9.17) is 16.9 Å². The molecule has 2 rings (SSSR count). The number of ketones is 1. The predicted octanol–water partition coefficient (Wildman–Crippen LogP) is 3.36. The van der Waals surface area contributed by atoms with Gasteiger partial charge in [-0.25, -0.2) is 4.39 Å². The molecule has 1 aromatic carbocycles. The van der Waals surface area contributed by atoms with Gasteiger partial charge < -0.3 is 0 Å². The highest BCUT2D eigenvalue weighted by molar-refractivity contribution is 6.34. The van der Waals surface area contributed by atoms with Gasteiger partial charge in [0.1, 0.15) is 5.82 Å². The third-order valence-electron chi connectivity index (χ3n) is 2.57. The van der Waals surface area contributed by atoms with Gasteiger partial charge >= 0.3 is 0 Å². The number of halogens is 2. The quantitative estimate of drug-likeness (QED) is 0.807. The number of rotatable bonds is 3. The molecule has 5 heteroatoms. The Hall–Kier alpha value is -2.25. The Kier molecular flexibility index (Phi) is 3.88. The van der Waals surface area contributed by atoms with Crippen LogP contribution < -0.4 is 0 Å². The molecular formula is C14H8ClFN2O. The van der Waals surface area contributed by atoms with E-state index >= 15 is 0 Å². The van der Waals surface area contributed by atoms with Crippen molar-refractivity contribution in [2.45, 2.75) is 5.92 Å². The Balaban J connectivity index is 2.40. The zero-order valence-corrected chi connectivity index (χ0v) is 10.4. The van der Waals surface area contributed by atoms with E-state index in [0.717, 1.165) is 12.1 Å². The van der Waals surface area contributed by atoms with Crippen LogP contribution in [0.4, 0.5) is 4.39 Å². The second kappa shape index (κ2) is 5.59. The topological polar surface area (TPSA) is 53.8 Å². The lowest BCUT2D eigenvalue weighted by Gasteiger charge is -2.08. The second-order valence-electron chi connectivity index (χ2n) is 3.81. The van der Waals surface area contributed by atoms with Gasteiger partial charge in [-0.05, 0) is 30.3 Å². The maximum absolute atomic E-state index is 12.9. The van der Waals surface area contributed by atoms with Crippen LogP contribution >= 0.6 is 11.6 Å². The van der Waals surface area contributed by atoms with E-state index in [1.54, 1.807) is 18.2 Å². The highest BCUT2D eigenvalue weighted by Crippen LogP contribution is 2.24. The van der Waals surface area contributed by atoms with Crippen LogP contribution in [0.25, 0.3) is 0 Å². The first-order valence-electron chi connectivity index (χ1n) is 5.43. The third-order valence-corrected chi connectivity index (χ3v) is 2.88. The van der Waals surface area contributed by atoms with Crippen LogP contribution in [-0.2, 0) is 0 Å². The minimum absolute atomic E-state index is 0.0128. The molecule has 2 aromatic rings. The molecule has 0 aliphatic rings. The van der Waals surface area contributed by atoms with E-state index in [1.807, 2.05) is 6.07 Å². The number of benzene rings is 1. The zero-order valence-electron chi connectivity index (χ0n) is 9.68. The summed E-state index contributed by atoms with van der Waals surface area (Å²) < 4.78 is 12.9. The van der Waals surface area contributed by atoms with E-state index in [2.05, 4.69) is 4.98 Å². The average molecular weight is 275 g/mol. The van der Waals surface area contributed by atoms with Gasteiger partial charge in [0.25, 0.3) is 0 Å². The van der Waals surface area contributed by atoms with E-state index in [-0.39, 0.29) is 10.6 Å². The first kappa shape index (κ1) is 13.2. The number of hydrogen-bond acceptors (Lipinski definition) is 3. The Morgan fingerprint density at radius 1 is 1.37 bits per heavy atom. The molecule has 0 fully saturated rings. The maximum atomic E-state index is 12.9. The first-order valence-corrected chi connectivity index (χ1v) is 5.81. The Morgan fingerprint density at radius 3 is 2.74 bits per heavy atom. The highest BCUT2D eigenvalue weighted by atomic mass is 35.5. The summed E-state index contributed by atoms with van der Waals surface area (Å²) in [6.07, 6.45) is 1.50. The van der Waals surface area contributed by atoms with Crippen LogP contribution in [-0.4, -0.2) is 10.8 Å². The molecule has 0 amide bonds. The molecule has 0 bridgehead atoms. The fraction of sp³-hybridized carbons (Fsp3) is 0.0714. The van der Waals surface area contributed by atoms with E-state index in [0.29, 0.717) is 5.69 Å². The van der Waals surface area contributed by atoms with Gasteiger partial charge in [0, 0.05) is 11.8 Å². The van der Waals surface area contributed by atoms with Crippen molar-refractivity contribution in [1.29, 1.82) is 5.26 Å². The molecule has 0 saturated heterocycles. The fourth-order valence-electron chi connectivity index (χ4n) is 1.65. The molecule has 0 aliphatic heterocycles. The number of nitrogens with zero attached hydrogens (tertiary/aromatic N) is 2. The lowest BCUT2D eigenvalue weighted by molar-refractivity contribution is 0.0977. The molecule has 1 atom stereocenters. The standard InChI is InChI=1S/C14H8ClFN2O/c15-12-7-9(16)4-5-10(12)14(19)11(8-17)13-3-1-2-6-18-13/h1-7,11H/t11-/m0/s1. The molecule has 1 heterocycles. The monoisotopic (exact) mass is 274 g/mol. The second-order valence-corrected chi connectivity index (χ2v) is 4.21. The summed E-state index contributed by atoms with van der Waals surface area (Å²) in [5.74, 6) is -2.08. The van der Waals surface area contributed by atoms with Crippen molar-refractivity contribution in [2.75, 3.05) is 0 Å². The summed E-state index contributed by atoms with van der Waals surface area (Å²) >= 11 is 5.82. The van der Waals surface area contributed by atoms with Crippen molar-refractivity contribution < 1.29 is 9.18 Å². The molecule has 19 heavy (non-hydrogen) atoms. The zero-order chi connectivity index (χ0) is 13.8. The molecule has 94 valence electrons. The van der Waals surface area contributed by atoms with Crippen LogP contribution in [0.5, 0.6) is 0 Å². The van der Waals surface area contributed by atoms with Crippen molar-refractivity contribution in [1.82, 2.24) is 4.98 Å². The summed E-state index contributed by atoms with van der Waals surface area (Å²) in [6, 6.07) is 10.3. The summed E-state index contributed by atoms with van der Waals surface area (Å²) in [4.78, 5) is 16.2. The Labute approximate surface area is 114 Å². The molecule has 0 N–H and O–H groups in total. The van der Waals surface area contributed by atoms with Crippen molar-refractivity contribution in [3.05, 3.63) is 64.7 Å². The molecule has 3 nitrogen and oxygen atoms in total. The molecule has 0 aliphatic carbocycles. The normalized spacial score (nSPS) is 11.6. The molecule has 0 spiro atoms. The predicted molar refractivity (Wildman–Crippen MR) is 68.3 cm³/mol. The van der Waals surface area contributed by atoms with Crippen molar-refractivity contribution in [2.24, 2.45) is 0 Å². The van der Waals surface area contributed by atoms with Gasteiger partial charge in [0.2, 0.25) is 0 Å².